The van der Waals surface area contributed by atoms with E-state index in [1.807, 2.05) is 37.3 Å². The van der Waals surface area contributed by atoms with Crippen LogP contribution in [0.25, 0.3) is 0 Å². The second kappa shape index (κ2) is 9.26. The first kappa shape index (κ1) is 23.4. The third-order valence-corrected chi connectivity index (χ3v) is 10.3. The van der Waals surface area contributed by atoms with Crippen LogP contribution >= 0.6 is 22.9 Å². The molecule has 0 fully saturated rings. The predicted octanol–water partition coefficient (Wildman–Crippen LogP) is 5.38. The van der Waals surface area contributed by atoms with Gasteiger partial charge in [-0.2, -0.15) is 0 Å². The van der Waals surface area contributed by atoms with E-state index in [-0.39, 0.29) is 19.1 Å². The summed E-state index contributed by atoms with van der Waals surface area (Å²) in [5.41, 5.74) is 1.82. The second-order valence-electron chi connectivity index (χ2n) is 7.22. The van der Waals surface area contributed by atoms with E-state index in [1.54, 1.807) is 12.1 Å². The molecule has 0 atom stereocenters. The summed E-state index contributed by atoms with van der Waals surface area (Å²) in [5, 5.41) is 3.11. The summed E-state index contributed by atoms with van der Waals surface area (Å²) in [4.78, 5) is 4.13. The van der Waals surface area contributed by atoms with Crippen molar-refractivity contribution < 1.29 is 16.8 Å². The third kappa shape index (κ3) is 4.96. The Morgan fingerprint density at radius 2 is 1.39 bits per heavy atom. The highest BCUT2D eigenvalue weighted by Crippen LogP contribution is 2.37. The summed E-state index contributed by atoms with van der Waals surface area (Å²) < 4.78 is 53.3. The van der Waals surface area contributed by atoms with Gasteiger partial charge in [-0.05, 0) is 48.9 Å². The average molecular weight is 519 g/mol. The van der Waals surface area contributed by atoms with E-state index in [2.05, 4.69) is 10.3 Å². The maximum atomic E-state index is 13.4. The van der Waals surface area contributed by atoms with Crippen LogP contribution < -0.4 is 5.32 Å². The molecule has 0 unspecified atom stereocenters. The molecule has 1 N–H and O–H groups in total. The summed E-state index contributed by atoms with van der Waals surface area (Å²) in [7, 11) is -8.36. The number of sulfone groups is 2. The number of hydrogen-bond acceptors (Lipinski definition) is 7. The SMILES string of the molecule is Cc1ccc(S(=O)(=O)c2nc(NCc3ccccc3)sc2S(=O)(=O)c2ccc(Cl)cc2)cc1. The smallest absolute Gasteiger partial charge is 0.226 e. The molecule has 0 spiro atoms. The Balaban J connectivity index is 1.82. The van der Waals surface area contributed by atoms with Crippen LogP contribution in [0.2, 0.25) is 5.02 Å². The van der Waals surface area contributed by atoms with Crippen molar-refractivity contribution in [3.05, 3.63) is 95.0 Å². The first-order valence-corrected chi connectivity index (χ1v) is 13.9. The average Bonchev–Trinajstić information content (AvgIpc) is 3.25. The Bertz CT molecular complexity index is 1390. The van der Waals surface area contributed by atoms with Crippen molar-refractivity contribution in [2.75, 3.05) is 5.32 Å². The number of rotatable bonds is 7. The number of thiazole rings is 1. The number of anilines is 1. The summed E-state index contributed by atoms with van der Waals surface area (Å²) in [6.07, 6.45) is 0. The van der Waals surface area contributed by atoms with Crippen LogP contribution in [0.3, 0.4) is 0 Å². The molecule has 1 aromatic heterocycles. The zero-order chi connectivity index (χ0) is 23.6. The minimum absolute atomic E-state index is 0.0273. The van der Waals surface area contributed by atoms with Gasteiger partial charge < -0.3 is 5.32 Å². The van der Waals surface area contributed by atoms with Crippen LogP contribution in [0, 0.1) is 6.92 Å². The molecule has 0 amide bonds. The lowest BCUT2D eigenvalue weighted by molar-refractivity contribution is 0.582. The van der Waals surface area contributed by atoms with Gasteiger partial charge in [-0.3, -0.25) is 0 Å². The monoisotopic (exact) mass is 518 g/mol. The molecule has 0 aliphatic heterocycles. The van der Waals surface area contributed by atoms with E-state index >= 15 is 0 Å². The molecule has 3 aromatic carbocycles. The van der Waals surface area contributed by atoms with Crippen molar-refractivity contribution in [1.29, 1.82) is 0 Å². The molecular formula is C23H19ClN2O4S3. The number of hydrogen-bond donors (Lipinski definition) is 1. The molecule has 0 bridgehead atoms. The molecule has 4 aromatic rings. The number of aromatic nitrogens is 1. The van der Waals surface area contributed by atoms with E-state index in [1.165, 1.54) is 36.4 Å². The van der Waals surface area contributed by atoms with Crippen molar-refractivity contribution in [2.45, 2.75) is 32.5 Å². The fourth-order valence-corrected chi connectivity index (χ4v) is 8.01. The van der Waals surface area contributed by atoms with E-state index in [0.29, 0.717) is 11.6 Å². The van der Waals surface area contributed by atoms with E-state index in [4.69, 9.17) is 11.6 Å². The summed E-state index contributed by atoms with van der Waals surface area (Å²) in [5.74, 6) is 0. The van der Waals surface area contributed by atoms with Crippen molar-refractivity contribution >= 4 is 47.7 Å². The molecule has 0 radical (unpaired) electrons. The first-order chi connectivity index (χ1) is 15.7. The summed E-state index contributed by atoms with van der Waals surface area (Å²) in [6.45, 7) is 2.19. The van der Waals surface area contributed by atoms with Crippen molar-refractivity contribution in [3.63, 3.8) is 0 Å². The lowest BCUT2D eigenvalue weighted by Crippen LogP contribution is -2.09. The molecule has 170 valence electrons. The van der Waals surface area contributed by atoms with Gasteiger partial charge in [0.25, 0.3) is 0 Å². The van der Waals surface area contributed by atoms with Gasteiger partial charge in [0.2, 0.25) is 19.7 Å². The van der Waals surface area contributed by atoms with Crippen LogP contribution in [-0.2, 0) is 26.2 Å². The molecule has 10 heteroatoms. The van der Waals surface area contributed by atoms with Crippen molar-refractivity contribution in [2.24, 2.45) is 0 Å². The van der Waals surface area contributed by atoms with Gasteiger partial charge in [0, 0.05) is 11.6 Å². The highest BCUT2D eigenvalue weighted by Gasteiger charge is 2.34. The summed E-state index contributed by atoms with van der Waals surface area (Å²) in [6, 6.07) is 21.2. The Morgan fingerprint density at radius 1 is 0.818 bits per heavy atom. The van der Waals surface area contributed by atoms with Gasteiger partial charge in [0.15, 0.2) is 14.4 Å². The quantitative estimate of drug-likeness (QED) is 0.353. The van der Waals surface area contributed by atoms with E-state index in [0.717, 1.165) is 22.5 Å². The lowest BCUT2D eigenvalue weighted by atomic mass is 10.2. The third-order valence-electron chi connectivity index (χ3n) is 4.81. The highest BCUT2D eigenvalue weighted by molar-refractivity contribution is 7.96. The molecule has 4 rings (SSSR count). The Labute approximate surface area is 201 Å². The van der Waals surface area contributed by atoms with Crippen LogP contribution in [0.15, 0.2) is 97.9 Å². The number of nitrogens with zero attached hydrogens (tertiary/aromatic N) is 1. The van der Waals surface area contributed by atoms with E-state index in [9.17, 15) is 16.8 Å². The normalized spacial score (nSPS) is 11.9. The fourth-order valence-electron chi connectivity index (χ4n) is 3.03. The first-order valence-electron chi connectivity index (χ1n) is 9.79. The molecule has 6 nitrogen and oxygen atoms in total. The van der Waals surface area contributed by atoms with Crippen LogP contribution in [0.5, 0.6) is 0 Å². The largest absolute Gasteiger partial charge is 0.357 e. The zero-order valence-electron chi connectivity index (χ0n) is 17.4. The number of aryl methyl sites for hydroxylation is 1. The standard InChI is InChI=1S/C23H19ClN2O4S3/c1-16-7-11-19(12-8-16)32(27,28)21-22(33(29,30)20-13-9-18(24)10-14-20)31-23(26-21)25-15-17-5-3-2-4-6-17/h2-14H,15H2,1H3,(H,25,26). The molecule has 1 heterocycles. The maximum Gasteiger partial charge on any atom is 0.226 e. The zero-order valence-corrected chi connectivity index (χ0v) is 20.6. The Kier molecular flexibility index (Phi) is 6.58. The van der Waals surface area contributed by atoms with E-state index < -0.39 is 24.7 Å². The Morgan fingerprint density at radius 3 is 2.03 bits per heavy atom. The topological polar surface area (TPSA) is 93.2 Å². The van der Waals surface area contributed by atoms with Gasteiger partial charge in [0.05, 0.1) is 9.79 Å². The molecule has 0 saturated heterocycles. The minimum atomic E-state index is -4.19. The minimum Gasteiger partial charge on any atom is -0.357 e. The number of nitrogens with one attached hydrogen (secondary N) is 1. The Hall–Kier alpha value is -2.72. The maximum absolute atomic E-state index is 13.4. The van der Waals surface area contributed by atoms with Crippen molar-refractivity contribution in [3.8, 4) is 0 Å². The van der Waals surface area contributed by atoms with Gasteiger partial charge in [-0.1, -0.05) is 71.0 Å². The van der Waals surface area contributed by atoms with Crippen molar-refractivity contribution in [1.82, 2.24) is 4.98 Å². The molecule has 33 heavy (non-hydrogen) atoms. The van der Waals surface area contributed by atoms with Gasteiger partial charge >= 0.3 is 0 Å². The highest BCUT2D eigenvalue weighted by atomic mass is 35.5. The van der Waals surface area contributed by atoms with Crippen LogP contribution in [-0.4, -0.2) is 21.8 Å². The number of benzene rings is 3. The van der Waals surface area contributed by atoms with Gasteiger partial charge in [-0.25, -0.2) is 21.8 Å². The number of halogens is 1. The van der Waals surface area contributed by atoms with Gasteiger partial charge in [-0.15, -0.1) is 0 Å². The van der Waals surface area contributed by atoms with Crippen LogP contribution in [0.4, 0.5) is 5.13 Å². The fraction of sp³-hybridized carbons (Fsp3) is 0.0870. The molecule has 0 saturated carbocycles. The molecule has 0 aliphatic carbocycles. The van der Waals surface area contributed by atoms with Gasteiger partial charge in [0.1, 0.15) is 0 Å². The summed E-state index contributed by atoms with van der Waals surface area (Å²) >= 11 is 6.68. The van der Waals surface area contributed by atoms with Crippen LogP contribution in [0.1, 0.15) is 11.1 Å². The molecule has 0 aliphatic rings. The predicted molar refractivity (Wildman–Crippen MR) is 129 cm³/mol. The molecular weight excluding hydrogens is 500 g/mol. The second-order valence-corrected chi connectivity index (χ2v) is 12.7. The lowest BCUT2D eigenvalue weighted by Gasteiger charge is -2.06.